The molecular weight excluding hydrogens is 194 g/mol. The number of carbonyl (C=O) groups is 1. The zero-order chi connectivity index (χ0) is 10.8. The summed E-state index contributed by atoms with van der Waals surface area (Å²) in [6.45, 7) is 0. The molecule has 15 heavy (non-hydrogen) atoms. The van der Waals surface area contributed by atoms with E-state index in [1.54, 1.807) is 24.3 Å². The molecule has 5 nitrogen and oxygen atoms in total. The molecule has 5 heteroatoms. The molecule has 2 rings (SSSR count). The minimum atomic E-state index is -0.458. The third-order valence-corrected chi connectivity index (χ3v) is 2.08. The Morgan fingerprint density at radius 1 is 1.27 bits per heavy atom. The summed E-state index contributed by atoms with van der Waals surface area (Å²) in [6, 6.07) is 6.74. The zero-order valence-electron chi connectivity index (χ0n) is 7.81. The van der Waals surface area contributed by atoms with Crippen LogP contribution in [-0.4, -0.2) is 11.1 Å². The number of aromatic nitrogens is 1. The van der Waals surface area contributed by atoms with Gasteiger partial charge in [0.25, 0.3) is 0 Å². The third kappa shape index (κ3) is 1.67. The average Bonchev–Trinajstić information content (AvgIpc) is 2.65. The van der Waals surface area contributed by atoms with Crippen molar-refractivity contribution in [3.05, 3.63) is 36.0 Å². The molecule has 0 spiro atoms. The summed E-state index contributed by atoms with van der Waals surface area (Å²) >= 11 is 0. The summed E-state index contributed by atoms with van der Waals surface area (Å²) in [5, 5.41) is 3.56. The summed E-state index contributed by atoms with van der Waals surface area (Å²) in [4.78, 5) is 10.8. The molecular formula is C10H9N3O2. The minimum absolute atomic E-state index is 0.252. The summed E-state index contributed by atoms with van der Waals surface area (Å²) in [7, 11) is 0. The number of rotatable bonds is 2. The van der Waals surface area contributed by atoms with Gasteiger partial charge in [-0.1, -0.05) is 17.3 Å². The lowest BCUT2D eigenvalue weighted by Crippen LogP contribution is -2.10. The Balaban J connectivity index is 2.40. The van der Waals surface area contributed by atoms with Crippen molar-refractivity contribution in [2.75, 3.05) is 5.73 Å². The van der Waals surface area contributed by atoms with Crippen molar-refractivity contribution in [1.82, 2.24) is 5.16 Å². The Kier molecular flexibility index (Phi) is 2.13. The summed E-state index contributed by atoms with van der Waals surface area (Å²) < 4.78 is 4.73. The van der Waals surface area contributed by atoms with Crippen molar-refractivity contribution in [3.8, 4) is 11.1 Å². The van der Waals surface area contributed by atoms with Crippen molar-refractivity contribution in [1.29, 1.82) is 0 Å². The lowest BCUT2D eigenvalue weighted by atomic mass is 10.1. The van der Waals surface area contributed by atoms with E-state index in [-0.39, 0.29) is 5.88 Å². The molecule has 0 atom stereocenters. The van der Waals surface area contributed by atoms with Crippen molar-refractivity contribution in [3.63, 3.8) is 0 Å². The number of carbonyl (C=O) groups excluding carboxylic acids is 1. The Labute approximate surface area is 85.7 Å². The number of nitrogens with zero attached hydrogens (tertiary/aromatic N) is 1. The van der Waals surface area contributed by atoms with Gasteiger partial charge in [0.05, 0.1) is 11.8 Å². The molecule has 0 radical (unpaired) electrons. The van der Waals surface area contributed by atoms with Gasteiger partial charge in [-0.3, -0.25) is 4.79 Å². The van der Waals surface area contributed by atoms with Crippen LogP contribution in [-0.2, 0) is 0 Å². The molecule has 0 aliphatic rings. The maximum atomic E-state index is 10.8. The molecule has 0 saturated heterocycles. The molecule has 0 aliphatic heterocycles. The average molecular weight is 203 g/mol. The smallest absolute Gasteiger partial charge is 0.248 e. The van der Waals surface area contributed by atoms with Crippen molar-refractivity contribution < 1.29 is 9.32 Å². The van der Waals surface area contributed by atoms with Gasteiger partial charge >= 0.3 is 0 Å². The van der Waals surface area contributed by atoms with E-state index in [4.69, 9.17) is 16.0 Å². The summed E-state index contributed by atoms with van der Waals surface area (Å²) in [5.41, 5.74) is 12.7. The first kappa shape index (κ1) is 9.26. The van der Waals surface area contributed by atoms with Crippen LogP contribution >= 0.6 is 0 Å². The molecule has 2 aromatic rings. The topological polar surface area (TPSA) is 95.1 Å². The highest BCUT2D eigenvalue weighted by Gasteiger charge is 2.07. The molecule has 0 aliphatic carbocycles. The van der Waals surface area contributed by atoms with Crippen LogP contribution < -0.4 is 11.5 Å². The first-order chi connectivity index (χ1) is 7.18. The van der Waals surface area contributed by atoms with E-state index in [1.165, 1.54) is 6.20 Å². The van der Waals surface area contributed by atoms with Crippen LogP contribution in [0.1, 0.15) is 10.4 Å². The summed E-state index contributed by atoms with van der Waals surface area (Å²) in [5.74, 6) is -0.207. The van der Waals surface area contributed by atoms with Crippen LogP contribution in [0.4, 0.5) is 5.88 Å². The number of anilines is 1. The van der Waals surface area contributed by atoms with Gasteiger partial charge < -0.3 is 16.0 Å². The van der Waals surface area contributed by atoms with Gasteiger partial charge in [0, 0.05) is 5.56 Å². The van der Waals surface area contributed by atoms with E-state index in [0.717, 1.165) is 5.56 Å². The predicted octanol–water partition coefficient (Wildman–Crippen LogP) is 1.02. The van der Waals surface area contributed by atoms with Gasteiger partial charge in [-0.25, -0.2) is 0 Å². The molecule has 0 unspecified atom stereocenters. The molecule has 1 heterocycles. The zero-order valence-corrected chi connectivity index (χ0v) is 7.81. The highest BCUT2D eigenvalue weighted by molar-refractivity contribution is 5.93. The lowest BCUT2D eigenvalue weighted by Gasteiger charge is -1.99. The van der Waals surface area contributed by atoms with E-state index in [0.29, 0.717) is 11.1 Å². The SMILES string of the molecule is NC(=O)c1ccc(-c2cnoc2N)cc1. The van der Waals surface area contributed by atoms with E-state index in [1.807, 2.05) is 0 Å². The first-order valence-electron chi connectivity index (χ1n) is 4.29. The molecule has 0 fully saturated rings. The van der Waals surface area contributed by atoms with Gasteiger partial charge in [-0.2, -0.15) is 0 Å². The molecule has 0 bridgehead atoms. The van der Waals surface area contributed by atoms with Crippen LogP contribution in [0.3, 0.4) is 0 Å². The van der Waals surface area contributed by atoms with Crippen molar-refractivity contribution >= 4 is 11.8 Å². The molecule has 76 valence electrons. The fourth-order valence-corrected chi connectivity index (χ4v) is 1.28. The van der Waals surface area contributed by atoms with Gasteiger partial charge in [0.15, 0.2) is 0 Å². The second kappa shape index (κ2) is 3.45. The number of benzene rings is 1. The molecule has 1 aromatic heterocycles. The predicted molar refractivity (Wildman–Crippen MR) is 54.9 cm³/mol. The van der Waals surface area contributed by atoms with E-state index in [9.17, 15) is 4.79 Å². The fourth-order valence-electron chi connectivity index (χ4n) is 1.28. The highest BCUT2D eigenvalue weighted by atomic mass is 16.5. The maximum absolute atomic E-state index is 10.8. The monoisotopic (exact) mass is 203 g/mol. The molecule has 1 aromatic carbocycles. The van der Waals surface area contributed by atoms with E-state index < -0.39 is 5.91 Å². The first-order valence-corrected chi connectivity index (χ1v) is 4.29. The van der Waals surface area contributed by atoms with E-state index >= 15 is 0 Å². The number of nitrogen functional groups attached to an aromatic ring is 1. The minimum Gasteiger partial charge on any atom is -0.367 e. The Bertz CT molecular complexity index is 488. The molecule has 4 N–H and O–H groups in total. The van der Waals surface area contributed by atoms with Gasteiger partial charge in [0.1, 0.15) is 0 Å². The van der Waals surface area contributed by atoms with Crippen LogP contribution in [0.15, 0.2) is 35.0 Å². The number of nitrogens with two attached hydrogens (primary N) is 2. The maximum Gasteiger partial charge on any atom is 0.248 e. The summed E-state index contributed by atoms with van der Waals surface area (Å²) in [6.07, 6.45) is 1.52. The largest absolute Gasteiger partial charge is 0.367 e. The standard InChI is InChI=1S/C10H9N3O2/c11-9(14)7-3-1-6(2-4-7)8-5-13-15-10(8)12/h1-5H,12H2,(H2,11,14). The third-order valence-electron chi connectivity index (χ3n) is 2.08. The molecule has 1 amide bonds. The number of amides is 1. The Morgan fingerprint density at radius 2 is 1.93 bits per heavy atom. The number of hydrogen-bond acceptors (Lipinski definition) is 4. The van der Waals surface area contributed by atoms with E-state index in [2.05, 4.69) is 5.16 Å². The van der Waals surface area contributed by atoms with Crippen LogP contribution in [0.25, 0.3) is 11.1 Å². The Hall–Kier alpha value is -2.30. The lowest BCUT2D eigenvalue weighted by molar-refractivity contribution is 0.100. The normalized spacial score (nSPS) is 10.1. The van der Waals surface area contributed by atoms with Crippen molar-refractivity contribution in [2.24, 2.45) is 5.73 Å². The number of primary amides is 1. The number of hydrogen-bond donors (Lipinski definition) is 2. The quantitative estimate of drug-likeness (QED) is 0.761. The van der Waals surface area contributed by atoms with Gasteiger partial charge in [-0.05, 0) is 17.7 Å². The second-order valence-electron chi connectivity index (χ2n) is 3.05. The fraction of sp³-hybridized carbons (Fsp3) is 0. The van der Waals surface area contributed by atoms with Crippen LogP contribution in [0, 0.1) is 0 Å². The van der Waals surface area contributed by atoms with Crippen LogP contribution in [0.5, 0.6) is 0 Å². The van der Waals surface area contributed by atoms with Crippen LogP contribution in [0.2, 0.25) is 0 Å². The second-order valence-corrected chi connectivity index (χ2v) is 3.05. The Morgan fingerprint density at radius 3 is 2.40 bits per heavy atom. The van der Waals surface area contributed by atoms with Crippen molar-refractivity contribution in [2.45, 2.75) is 0 Å². The molecule has 0 saturated carbocycles. The van der Waals surface area contributed by atoms with Gasteiger partial charge in [-0.15, -0.1) is 0 Å². The van der Waals surface area contributed by atoms with Gasteiger partial charge in [0.2, 0.25) is 11.8 Å². The highest BCUT2D eigenvalue weighted by Crippen LogP contribution is 2.25.